The van der Waals surface area contributed by atoms with Crippen LogP contribution in [0.3, 0.4) is 0 Å². The van der Waals surface area contributed by atoms with Gasteiger partial charge >= 0.3 is 24.2 Å². The van der Waals surface area contributed by atoms with Crippen LogP contribution < -0.4 is 16.0 Å². The Hall–Kier alpha value is -5.21. The van der Waals surface area contributed by atoms with E-state index in [0.29, 0.717) is 5.56 Å². The van der Waals surface area contributed by atoms with E-state index < -0.39 is 103 Å². The molecule has 1 aromatic carbocycles. The molecule has 6 rings (SSSR count). The van der Waals surface area contributed by atoms with Crippen molar-refractivity contribution in [3.05, 3.63) is 69.8 Å². The second-order valence-electron chi connectivity index (χ2n) is 13.7. The van der Waals surface area contributed by atoms with Crippen LogP contribution in [0.15, 0.2) is 61.4 Å². The first-order valence-electron chi connectivity index (χ1n) is 15.4. The van der Waals surface area contributed by atoms with Gasteiger partial charge in [0.2, 0.25) is 11.8 Å². The summed E-state index contributed by atoms with van der Waals surface area (Å²) < 4.78 is 124. The van der Waals surface area contributed by atoms with E-state index in [1.165, 1.54) is 31.2 Å². The van der Waals surface area contributed by atoms with Crippen molar-refractivity contribution >= 4 is 33.3 Å². The second-order valence-corrected chi connectivity index (χ2v) is 15.6. The van der Waals surface area contributed by atoms with Gasteiger partial charge in [0.15, 0.2) is 15.6 Å². The molecule has 2 aromatic heterocycles. The van der Waals surface area contributed by atoms with Crippen molar-refractivity contribution in [2.45, 2.75) is 76.2 Å². The lowest BCUT2D eigenvalue weighted by Gasteiger charge is -2.44. The molecule has 1 fully saturated rings. The Balaban J connectivity index is 1.37. The first kappa shape index (κ1) is 36.6. The SMILES string of the molecule is CC1(Nc2nnc(C3=C(F)NC4=C(C(=O)[C@@H](NC(=O)OC(C)(C)C)CS4(=O)=O)C(Cc4ccc(-c5noc(C(F)(F)F)n5)cc4)=C3)o2)CC(F)(F)C1. The van der Waals surface area contributed by atoms with Crippen molar-refractivity contribution in [1.29, 1.82) is 0 Å². The molecule has 0 saturated heterocycles. The number of anilines is 1. The predicted octanol–water partition coefficient (Wildman–Crippen LogP) is 5.25. The number of hydrogen-bond donors (Lipinski definition) is 3. The highest BCUT2D eigenvalue weighted by Gasteiger charge is 2.54. The average molecular weight is 758 g/mol. The normalized spacial score (nSPS) is 21.0. The van der Waals surface area contributed by atoms with Crippen LogP contribution in [-0.2, 0) is 32.0 Å². The lowest BCUT2D eigenvalue weighted by molar-refractivity contribution is -0.159. The van der Waals surface area contributed by atoms with Gasteiger partial charge in [0.1, 0.15) is 16.7 Å². The minimum Gasteiger partial charge on any atom is -0.444 e. The molecule has 1 amide bonds. The van der Waals surface area contributed by atoms with Gasteiger partial charge in [0.05, 0.1) is 22.4 Å². The number of carbonyl (C=O) groups excluding carboxylic acids is 2. The largest absolute Gasteiger partial charge is 0.471 e. The van der Waals surface area contributed by atoms with Crippen LogP contribution in [0.5, 0.6) is 0 Å². The summed E-state index contributed by atoms with van der Waals surface area (Å²) in [5.41, 5.74) is -2.77. The first-order valence-corrected chi connectivity index (χ1v) is 17.0. The Labute approximate surface area is 290 Å². The molecule has 1 saturated carbocycles. The fraction of sp³-hybridized carbons (Fsp3) is 0.419. The van der Waals surface area contributed by atoms with E-state index in [4.69, 9.17) is 9.15 Å². The van der Waals surface area contributed by atoms with E-state index in [2.05, 4.69) is 40.8 Å². The van der Waals surface area contributed by atoms with Crippen LogP contribution in [-0.4, -0.2) is 69.5 Å². The van der Waals surface area contributed by atoms with Crippen LogP contribution in [0, 0.1) is 0 Å². The lowest BCUT2D eigenvalue weighted by Crippen LogP contribution is -2.54. The number of alkyl halides is 5. The molecule has 1 aliphatic carbocycles. The van der Waals surface area contributed by atoms with Gasteiger partial charge in [-0.2, -0.15) is 22.5 Å². The summed E-state index contributed by atoms with van der Waals surface area (Å²) in [4.78, 5) is 29.9. The maximum absolute atomic E-state index is 16.0. The number of amides is 1. The zero-order valence-electron chi connectivity index (χ0n) is 27.6. The summed E-state index contributed by atoms with van der Waals surface area (Å²) in [5.74, 6) is -8.55. The number of hydrogen-bond acceptors (Lipinski definition) is 13. The van der Waals surface area contributed by atoms with E-state index in [9.17, 15) is 40.0 Å². The monoisotopic (exact) mass is 757 g/mol. The summed E-state index contributed by atoms with van der Waals surface area (Å²) in [7, 11) is -4.53. The number of halogens is 6. The van der Waals surface area contributed by atoms with Crippen molar-refractivity contribution in [3.63, 3.8) is 0 Å². The summed E-state index contributed by atoms with van der Waals surface area (Å²) in [5, 5.41) is 17.2. The Morgan fingerprint density at radius 1 is 1.12 bits per heavy atom. The smallest absolute Gasteiger partial charge is 0.444 e. The quantitative estimate of drug-likeness (QED) is 0.209. The van der Waals surface area contributed by atoms with Crippen molar-refractivity contribution in [2.24, 2.45) is 0 Å². The average Bonchev–Trinajstić information content (AvgIpc) is 3.64. The first-order chi connectivity index (χ1) is 24.0. The molecule has 278 valence electrons. The second kappa shape index (κ2) is 12.5. The van der Waals surface area contributed by atoms with Crippen molar-refractivity contribution in [1.82, 2.24) is 31.0 Å². The molecule has 3 aliphatic rings. The lowest BCUT2D eigenvalue weighted by atomic mass is 9.75. The van der Waals surface area contributed by atoms with Gasteiger partial charge in [-0.15, -0.1) is 5.10 Å². The molecule has 0 unspecified atom stereocenters. The molecule has 0 spiro atoms. The van der Waals surface area contributed by atoms with Crippen molar-refractivity contribution in [3.8, 4) is 11.4 Å². The van der Waals surface area contributed by atoms with E-state index in [1.807, 2.05) is 0 Å². The highest BCUT2D eigenvalue weighted by Crippen LogP contribution is 2.47. The Morgan fingerprint density at radius 3 is 2.38 bits per heavy atom. The van der Waals surface area contributed by atoms with Crippen molar-refractivity contribution in [2.75, 3.05) is 11.1 Å². The number of sulfone groups is 1. The summed E-state index contributed by atoms with van der Waals surface area (Å²) in [6.07, 6.45) is -6.25. The number of allylic oxidation sites excluding steroid dienone is 3. The Kier molecular flexibility index (Phi) is 8.78. The molecule has 2 aliphatic heterocycles. The number of carbonyl (C=O) groups is 2. The van der Waals surface area contributed by atoms with Gasteiger partial charge in [0.25, 0.3) is 11.8 Å². The van der Waals surface area contributed by atoms with Crippen LogP contribution in [0.4, 0.5) is 37.2 Å². The molecule has 21 heteroatoms. The van der Waals surface area contributed by atoms with E-state index in [1.54, 1.807) is 20.8 Å². The molecule has 4 heterocycles. The number of ketones is 1. The summed E-state index contributed by atoms with van der Waals surface area (Å²) in [6, 6.07) is 3.53. The number of ether oxygens (including phenoxy) is 1. The maximum atomic E-state index is 16.0. The minimum atomic E-state index is -4.88. The van der Waals surface area contributed by atoms with Gasteiger partial charge in [0, 0.05) is 18.4 Å². The number of Topliss-reactive ketones (excluding diaryl/α,β-unsaturated/α-hetero) is 1. The fourth-order valence-corrected chi connectivity index (χ4v) is 7.49. The van der Waals surface area contributed by atoms with E-state index in [-0.39, 0.29) is 29.4 Å². The van der Waals surface area contributed by atoms with E-state index >= 15 is 4.39 Å². The van der Waals surface area contributed by atoms with Crippen LogP contribution in [0.2, 0.25) is 0 Å². The molecule has 1 atom stereocenters. The molecule has 3 N–H and O–H groups in total. The molecule has 3 aromatic rings. The van der Waals surface area contributed by atoms with Gasteiger partial charge in [-0.05, 0) is 51.3 Å². The number of aromatic nitrogens is 4. The standard InChI is InChI=1S/C31H29F6N7O7S/c1-28(2,3)50-27(46)38-18-11-52(47,48)24-19(20(18)45)16(9-14-5-7-15(8-6-14)22-40-25(51-44-22)31(35,36)37)10-17(21(32)39-24)23-42-43-26(49-23)41-29(4)12-30(33,34)13-29/h5-8,10,18,39H,9,11-13H2,1-4H3,(H,38,46)(H,41,43)/t18-/m0/s1. The molecule has 52 heavy (non-hydrogen) atoms. The number of alkyl carbamates (subject to hydrolysis) is 1. The molecular weight excluding hydrogens is 728 g/mol. The van der Waals surface area contributed by atoms with E-state index in [0.717, 1.165) is 6.08 Å². The Morgan fingerprint density at radius 2 is 1.79 bits per heavy atom. The highest BCUT2D eigenvalue weighted by atomic mass is 32.2. The highest BCUT2D eigenvalue weighted by molar-refractivity contribution is 7.95. The van der Waals surface area contributed by atoms with Crippen molar-refractivity contribution < 1.29 is 58.0 Å². The van der Waals surface area contributed by atoms with Gasteiger partial charge in [-0.25, -0.2) is 22.0 Å². The number of nitrogens with zero attached hydrogens (tertiary/aromatic N) is 4. The topological polar surface area (TPSA) is 191 Å². The van der Waals surface area contributed by atoms with Gasteiger partial charge in [-0.1, -0.05) is 34.5 Å². The summed E-state index contributed by atoms with van der Waals surface area (Å²) in [6.45, 7) is 6.16. The fourth-order valence-electron chi connectivity index (χ4n) is 5.86. The molecule has 0 radical (unpaired) electrons. The van der Waals surface area contributed by atoms with Crippen LogP contribution >= 0.6 is 0 Å². The third-order valence-electron chi connectivity index (χ3n) is 7.91. The number of nitrogens with one attached hydrogen (secondary N) is 3. The predicted molar refractivity (Wildman–Crippen MR) is 167 cm³/mol. The zero-order valence-corrected chi connectivity index (χ0v) is 28.4. The Bertz CT molecular complexity index is 2140. The van der Waals surface area contributed by atoms with Crippen LogP contribution in [0.1, 0.15) is 57.9 Å². The molecule has 0 bridgehead atoms. The third-order valence-corrected chi connectivity index (χ3v) is 9.61. The number of rotatable bonds is 7. The third kappa shape index (κ3) is 7.67. The molecular formula is C31H29F6N7O7S. The van der Waals surface area contributed by atoms with Crippen LogP contribution in [0.25, 0.3) is 17.0 Å². The minimum absolute atomic E-state index is 0.112. The number of benzene rings is 1. The summed E-state index contributed by atoms with van der Waals surface area (Å²) >= 11 is 0. The maximum Gasteiger partial charge on any atom is 0.471 e. The molecule has 14 nitrogen and oxygen atoms in total. The van der Waals surface area contributed by atoms with Gasteiger partial charge < -0.3 is 29.6 Å². The zero-order chi connectivity index (χ0) is 38.0. The van der Waals surface area contributed by atoms with Gasteiger partial charge in [-0.3, -0.25) is 4.79 Å².